The molecule has 2 aromatic rings. The van der Waals surface area contributed by atoms with Gasteiger partial charge in [-0.1, -0.05) is 24.3 Å². The molecule has 1 aliphatic carbocycles. The predicted molar refractivity (Wildman–Crippen MR) is 107 cm³/mol. The molecule has 28 heavy (non-hydrogen) atoms. The summed E-state index contributed by atoms with van der Waals surface area (Å²) in [7, 11) is -2.22. The van der Waals surface area contributed by atoms with Crippen molar-refractivity contribution in [2.75, 3.05) is 18.6 Å². The molecule has 0 radical (unpaired) electrons. The van der Waals surface area contributed by atoms with Crippen molar-refractivity contribution in [3.63, 3.8) is 0 Å². The summed E-state index contributed by atoms with van der Waals surface area (Å²) in [6.45, 7) is 0.572. The SMILES string of the molecule is COc1ccc(S(=O)(=O)NC2CCCc3ccccc32)cc1N1CCCC1=O. The Balaban J connectivity index is 1.66. The van der Waals surface area contributed by atoms with Crippen molar-refractivity contribution in [3.8, 4) is 5.75 Å². The molecule has 1 N–H and O–H groups in total. The zero-order valence-corrected chi connectivity index (χ0v) is 16.7. The molecule has 1 atom stereocenters. The summed E-state index contributed by atoms with van der Waals surface area (Å²) in [5, 5.41) is 0. The number of nitrogens with one attached hydrogen (secondary N) is 1. The summed E-state index contributed by atoms with van der Waals surface area (Å²) in [4.78, 5) is 13.9. The normalized spacial score (nSPS) is 19.5. The molecule has 0 saturated carbocycles. The van der Waals surface area contributed by atoms with E-state index in [1.165, 1.54) is 18.7 Å². The maximum absolute atomic E-state index is 13.1. The van der Waals surface area contributed by atoms with E-state index in [2.05, 4.69) is 10.8 Å². The molecule has 0 bridgehead atoms. The highest BCUT2D eigenvalue weighted by atomic mass is 32.2. The quantitative estimate of drug-likeness (QED) is 0.836. The van der Waals surface area contributed by atoms with Crippen molar-refractivity contribution in [2.45, 2.75) is 43.0 Å². The Morgan fingerprint density at radius 3 is 2.68 bits per heavy atom. The van der Waals surface area contributed by atoms with Crippen LogP contribution in [-0.2, 0) is 21.2 Å². The van der Waals surface area contributed by atoms with Crippen molar-refractivity contribution in [1.82, 2.24) is 4.72 Å². The van der Waals surface area contributed by atoms with E-state index in [0.29, 0.717) is 24.4 Å². The van der Waals surface area contributed by atoms with Gasteiger partial charge in [-0.25, -0.2) is 13.1 Å². The van der Waals surface area contributed by atoms with Gasteiger partial charge in [0.1, 0.15) is 5.75 Å². The van der Waals surface area contributed by atoms with E-state index >= 15 is 0 Å². The maximum Gasteiger partial charge on any atom is 0.241 e. The van der Waals surface area contributed by atoms with Crippen LogP contribution in [0.15, 0.2) is 47.4 Å². The number of sulfonamides is 1. The van der Waals surface area contributed by atoms with Gasteiger partial charge in [-0.2, -0.15) is 0 Å². The molecular weight excluding hydrogens is 376 g/mol. The summed E-state index contributed by atoms with van der Waals surface area (Å²) in [5.41, 5.74) is 2.75. The van der Waals surface area contributed by atoms with Crippen LogP contribution in [0.4, 0.5) is 5.69 Å². The number of benzene rings is 2. The fourth-order valence-electron chi connectivity index (χ4n) is 4.08. The number of anilines is 1. The molecular formula is C21H24N2O4S. The highest BCUT2D eigenvalue weighted by Gasteiger charge is 2.29. The summed E-state index contributed by atoms with van der Waals surface area (Å²) >= 11 is 0. The Morgan fingerprint density at radius 2 is 1.93 bits per heavy atom. The van der Waals surface area contributed by atoms with Crippen LogP contribution < -0.4 is 14.4 Å². The Kier molecular flexibility index (Phi) is 5.12. The second-order valence-electron chi connectivity index (χ2n) is 7.25. The summed E-state index contributed by atoms with van der Waals surface area (Å²) in [6, 6.07) is 12.4. The number of rotatable bonds is 5. The van der Waals surface area contributed by atoms with Crippen LogP contribution in [0.1, 0.15) is 42.9 Å². The number of nitrogens with zero attached hydrogens (tertiary/aromatic N) is 1. The van der Waals surface area contributed by atoms with E-state index in [1.807, 2.05) is 18.2 Å². The summed E-state index contributed by atoms with van der Waals surface area (Å²) in [6.07, 6.45) is 3.91. The second kappa shape index (κ2) is 7.56. The lowest BCUT2D eigenvalue weighted by molar-refractivity contribution is -0.117. The summed E-state index contributed by atoms with van der Waals surface area (Å²) < 4.78 is 34.4. The molecule has 2 aromatic carbocycles. The van der Waals surface area contributed by atoms with Crippen LogP contribution in [0.3, 0.4) is 0 Å². The van der Waals surface area contributed by atoms with Gasteiger partial charge in [0, 0.05) is 19.0 Å². The van der Waals surface area contributed by atoms with Crippen molar-refractivity contribution in [2.24, 2.45) is 0 Å². The standard InChI is InChI=1S/C21H24N2O4S/c1-27-20-12-11-16(14-19(20)23-13-5-10-21(23)24)28(25,26)22-18-9-4-7-15-6-2-3-8-17(15)18/h2-3,6,8,11-12,14,18,22H,4-5,7,9-10,13H2,1H3. The Hall–Kier alpha value is -2.38. The maximum atomic E-state index is 13.1. The Labute approximate surface area is 165 Å². The van der Waals surface area contributed by atoms with Crippen LogP contribution in [-0.4, -0.2) is 28.0 Å². The molecule has 2 aliphatic rings. The zero-order chi connectivity index (χ0) is 19.7. The third-order valence-corrected chi connectivity index (χ3v) is 6.96. The molecule has 1 unspecified atom stereocenters. The fourth-order valence-corrected chi connectivity index (χ4v) is 5.35. The molecule has 0 spiro atoms. The molecule has 1 amide bonds. The van der Waals surface area contributed by atoms with Gasteiger partial charge in [0.15, 0.2) is 0 Å². The fraction of sp³-hybridized carbons (Fsp3) is 0.381. The third-order valence-electron chi connectivity index (χ3n) is 5.49. The van der Waals surface area contributed by atoms with Crippen molar-refractivity contribution in [3.05, 3.63) is 53.6 Å². The minimum absolute atomic E-state index is 0.0120. The van der Waals surface area contributed by atoms with Crippen molar-refractivity contribution < 1.29 is 17.9 Å². The minimum Gasteiger partial charge on any atom is -0.495 e. The monoisotopic (exact) mass is 400 g/mol. The smallest absolute Gasteiger partial charge is 0.241 e. The van der Waals surface area contributed by atoms with Gasteiger partial charge in [-0.3, -0.25) is 4.79 Å². The number of hydrogen-bond donors (Lipinski definition) is 1. The zero-order valence-electron chi connectivity index (χ0n) is 15.8. The largest absolute Gasteiger partial charge is 0.495 e. The van der Waals surface area contributed by atoms with Gasteiger partial charge >= 0.3 is 0 Å². The van der Waals surface area contributed by atoms with Crippen LogP contribution in [0, 0.1) is 0 Å². The highest BCUT2D eigenvalue weighted by Crippen LogP contribution is 2.35. The lowest BCUT2D eigenvalue weighted by Gasteiger charge is -2.26. The molecule has 6 nitrogen and oxygen atoms in total. The number of methoxy groups -OCH3 is 1. The average molecular weight is 401 g/mol. The predicted octanol–water partition coefficient (Wildman–Crippen LogP) is 3.18. The number of hydrogen-bond acceptors (Lipinski definition) is 4. The number of carbonyl (C=O) groups is 1. The van der Waals surface area contributed by atoms with Crippen molar-refractivity contribution >= 4 is 21.6 Å². The lowest BCUT2D eigenvalue weighted by Crippen LogP contribution is -2.31. The number of fused-ring (bicyclic) bond motifs is 1. The van der Waals surface area contributed by atoms with Crippen LogP contribution in [0.5, 0.6) is 5.75 Å². The van der Waals surface area contributed by atoms with Crippen molar-refractivity contribution in [1.29, 1.82) is 0 Å². The minimum atomic E-state index is -3.74. The highest BCUT2D eigenvalue weighted by molar-refractivity contribution is 7.89. The molecule has 1 aliphatic heterocycles. The lowest BCUT2D eigenvalue weighted by atomic mass is 9.88. The Morgan fingerprint density at radius 1 is 1.11 bits per heavy atom. The van der Waals surface area contributed by atoms with E-state index in [-0.39, 0.29) is 16.8 Å². The molecule has 1 heterocycles. The topological polar surface area (TPSA) is 75.7 Å². The van der Waals surface area contributed by atoms with E-state index in [0.717, 1.165) is 31.2 Å². The first kappa shape index (κ1) is 19.0. The van der Waals surface area contributed by atoms with Crippen LogP contribution in [0.25, 0.3) is 0 Å². The molecule has 7 heteroatoms. The third kappa shape index (κ3) is 3.52. The van der Waals surface area contributed by atoms with E-state index < -0.39 is 10.0 Å². The number of carbonyl (C=O) groups excluding carboxylic acids is 1. The van der Waals surface area contributed by atoms with Gasteiger partial charge in [-0.15, -0.1) is 0 Å². The van der Waals surface area contributed by atoms with Crippen LogP contribution in [0.2, 0.25) is 0 Å². The second-order valence-corrected chi connectivity index (χ2v) is 8.96. The van der Waals surface area contributed by atoms with E-state index in [9.17, 15) is 13.2 Å². The number of ether oxygens (including phenoxy) is 1. The Bertz CT molecular complexity index is 1000. The van der Waals surface area contributed by atoms with Gasteiger partial charge in [0.2, 0.25) is 15.9 Å². The van der Waals surface area contributed by atoms with Gasteiger partial charge < -0.3 is 9.64 Å². The molecule has 4 rings (SSSR count). The van der Waals surface area contributed by atoms with E-state index in [1.54, 1.807) is 17.0 Å². The summed E-state index contributed by atoms with van der Waals surface area (Å²) in [5.74, 6) is 0.485. The van der Waals surface area contributed by atoms with E-state index in [4.69, 9.17) is 4.74 Å². The molecule has 1 saturated heterocycles. The molecule has 1 fully saturated rings. The first-order valence-corrected chi connectivity index (χ1v) is 11.1. The molecule has 0 aromatic heterocycles. The van der Waals surface area contributed by atoms with Gasteiger partial charge in [0.25, 0.3) is 0 Å². The average Bonchev–Trinajstić information content (AvgIpc) is 3.13. The number of amides is 1. The van der Waals surface area contributed by atoms with Crippen LogP contribution >= 0.6 is 0 Å². The van der Waals surface area contributed by atoms with Gasteiger partial charge in [0.05, 0.1) is 17.7 Å². The first-order chi connectivity index (χ1) is 13.5. The van der Waals surface area contributed by atoms with Gasteiger partial charge in [-0.05, 0) is 55.0 Å². The first-order valence-electron chi connectivity index (χ1n) is 9.58. The molecule has 148 valence electrons. The number of aryl methyl sites for hydroxylation is 1.